The zero-order valence-electron chi connectivity index (χ0n) is 13.0. The number of hydrogen-bond donors (Lipinski definition) is 1. The molecule has 1 amide bonds. The monoisotopic (exact) mass is 316 g/mol. The van der Waals surface area contributed by atoms with Crippen molar-refractivity contribution in [3.05, 3.63) is 36.9 Å². The molecule has 3 rings (SSSR count). The molecule has 1 aliphatic heterocycles. The molecule has 8 heteroatoms. The average Bonchev–Trinajstić information content (AvgIpc) is 3.18. The van der Waals surface area contributed by atoms with E-state index >= 15 is 0 Å². The van der Waals surface area contributed by atoms with E-state index in [0.717, 1.165) is 0 Å². The van der Waals surface area contributed by atoms with Gasteiger partial charge >= 0.3 is 0 Å². The van der Waals surface area contributed by atoms with Crippen molar-refractivity contribution in [1.29, 1.82) is 0 Å². The third-order valence-electron chi connectivity index (χ3n) is 3.98. The van der Waals surface area contributed by atoms with Crippen LogP contribution < -0.4 is 4.90 Å². The Bertz CT molecular complexity index is 647. The van der Waals surface area contributed by atoms with E-state index < -0.39 is 5.60 Å². The molecule has 0 bridgehead atoms. The van der Waals surface area contributed by atoms with Crippen molar-refractivity contribution in [3.8, 4) is 0 Å². The summed E-state index contributed by atoms with van der Waals surface area (Å²) in [6, 6.07) is 3.53. The van der Waals surface area contributed by atoms with Gasteiger partial charge in [-0.25, -0.2) is 9.97 Å². The number of carbonyl (C=O) groups excluding carboxylic acids is 1. The first-order chi connectivity index (χ1) is 11.1. The summed E-state index contributed by atoms with van der Waals surface area (Å²) in [4.78, 5) is 24.1. The van der Waals surface area contributed by atoms with Crippen LogP contribution in [0, 0.1) is 0 Å². The van der Waals surface area contributed by atoms with Gasteiger partial charge in [-0.3, -0.25) is 9.48 Å². The van der Waals surface area contributed by atoms with Crippen LogP contribution in [0.1, 0.15) is 6.42 Å². The zero-order chi connectivity index (χ0) is 16.3. The highest BCUT2D eigenvalue weighted by Gasteiger charge is 2.38. The van der Waals surface area contributed by atoms with E-state index in [-0.39, 0.29) is 19.0 Å². The average molecular weight is 316 g/mol. The van der Waals surface area contributed by atoms with Crippen LogP contribution in [0.25, 0.3) is 0 Å². The number of rotatable bonds is 5. The molecule has 0 spiro atoms. The maximum absolute atomic E-state index is 12.2. The van der Waals surface area contributed by atoms with Gasteiger partial charge in [-0.1, -0.05) is 0 Å². The number of hydrogen-bond acceptors (Lipinski definition) is 6. The van der Waals surface area contributed by atoms with Gasteiger partial charge in [-0.15, -0.1) is 0 Å². The predicted molar refractivity (Wildman–Crippen MR) is 83.7 cm³/mol. The maximum Gasteiger partial charge on any atom is 0.244 e. The fourth-order valence-electron chi connectivity index (χ4n) is 2.79. The molecule has 0 unspecified atom stereocenters. The lowest BCUT2D eigenvalue weighted by Crippen LogP contribution is -2.46. The fraction of sp³-hybridized carbons (Fsp3) is 0.467. The van der Waals surface area contributed by atoms with E-state index in [9.17, 15) is 9.90 Å². The van der Waals surface area contributed by atoms with Crippen molar-refractivity contribution in [1.82, 2.24) is 24.6 Å². The summed E-state index contributed by atoms with van der Waals surface area (Å²) in [5.41, 5.74) is -0.951. The molecular formula is C15H20N6O2. The lowest BCUT2D eigenvalue weighted by atomic mass is 10.0. The standard InChI is InChI=1S/C15H20N6O2/c1-19(13(22)10-21-8-3-7-18-21)11-15(23)4-9-20(12-15)14-16-5-2-6-17-14/h2-3,5-8,23H,4,9-12H2,1H3/t15-/m0/s1. The molecule has 0 aromatic carbocycles. The minimum atomic E-state index is -0.951. The molecule has 8 nitrogen and oxygen atoms in total. The highest BCUT2D eigenvalue weighted by atomic mass is 16.3. The topological polar surface area (TPSA) is 87.4 Å². The second kappa shape index (κ2) is 6.33. The Hall–Kier alpha value is -2.48. The van der Waals surface area contributed by atoms with Gasteiger partial charge in [0.15, 0.2) is 0 Å². The molecule has 1 atom stereocenters. The molecule has 0 aliphatic carbocycles. The van der Waals surface area contributed by atoms with Gasteiger partial charge in [0, 0.05) is 38.4 Å². The van der Waals surface area contributed by atoms with Crippen LogP contribution in [0.5, 0.6) is 0 Å². The quantitative estimate of drug-likeness (QED) is 0.820. The van der Waals surface area contributed by atoms with E-state index in [2.05, 4.69) is 15.1 Å². The number of aliphatic hydroxyl groups is 1. The number of anilines is 1. The van der Waals surface area contributed by atoms with Gasteiger partial charge in [0.25, 0.3) is 0 Å². The summed E-state index contributed by atoms with van der Waals surface area (Å²) in [7, 11) is 1.70. The van der Waals surface area contributed by atoms with Gasteiger partial charge in [-0.2, -0.15) is 5.10 Å². The van der Waals surface area contributed by atoms with Gasteiger partial charge in [0.2, 0.25) is 11.9 Å². The van der Waals surface area contributed by atoms with E-state index in [1.807, 2.05) is 4.90 Å². The molecule has 1 aliphatic rings. The Morgan fingerprint density at radius 3 is 2.83 bits per heavy atom. The van der Waals surface area contributed by atoms with Crippen LogP contribution in [0.4, 0.5) is 5.95 Å². The first-order valence-electron chi connectivity index (χ1n) is 7.51. The fourth-order valence-corrected chi connectivity index (χ4v) is 2.79. The molecular weight excluding hydrogens is 296 g/mol. The Balaban J connectivity index is 1.58. The second-order valence-corrected chi connectivity index (χ2v) is 5.90. The summed E-state index contributed by atoms with van der Waals surface area (Å²) in [5.74, 6) is 0.519. The first-order valence-corrected chi connectivity index (χ1v) is 7.51. The molecule has 23 heavy (non-hydrogen) atoms. The molecule has 2 aromatic heterocycles. The summed E-state index contributed by atoms with van der Waals surface area (Å²) < 4.78 is 1.57. The van der Waals surface area contributed by atoms with Crippen molar-refractivity contribution in [3.63, 3.8) is 0 Å². The highest BCUT2D eigenvalue weighted by Crippen LogP contribution is 2.25. The second-order valence-electron chi connectivity index (χ2n) is 5.90. The summed E-state index contributed by atoms with van der Waals surface area (Å²) in [6.45, 7) is 1.53. The van der Waals surface area contributed by atoms with E-state index in [1.54, 1.807) is 53.5 Å². The van der Waals surface area contributed by atoms with Crippen molar-refractivity contribution in [2.24, 2.45) is 0 Å². The van der Waals surface area contributed by atoms with Crippen molar-refractivity contribution < 1.29 is 9.90 Å². The minimum Gasteiger partial charge on any atom is -0.386 e. The Morgan fingerprint density at radius 2 is 2.13 bits per heavy atom. The van der Waals surface area contributed by atoms with Crippen molar-refractivity contribution in [2.45, 2.75) is 18.6 Å². The van der Waals surface area contributed by atoms with Crippen molar-refractivity contribution in [2.75, 3.05) is 31.6 Å². The Labute approximate surface area is 134 Å². The van der Waals surface area contributed by atoms with Gasteiger partial charge in [-0.05, 0) is 18.6 Å². The Kier molecular flexibility index (Phi) is 4.24. The summed E-state index contributed by atoms with van der Waals surface area (Å²) in [6.07, 6.45) is 7.31. The van der Waals surface area contributed by atoms with Crippen LogP contribution in [-0.4, -0.2) is 67.9 Å². The molecule has 1 N–H and O–H groups in total. The summed E-state index contributed by atoms with van der Waals surface area (Å²) in [5, 5.41) is 14.8. The van der Waals surface area contributed by atoms with Crippen LogP contribution in [0.15, 0.2) is 36.9 Å². The Morgan fingerprint density at radius 1 is 1.35 bits per heavy atom. The van der Waals surface area contributed by atoms with Crippen LogP contribution >= 0.6 is 0 Å². The predicted octanol–water partition coefficient (Wildman–Crippen LogP) is -0.227. The SMILES string of the molecule is CN(C[C@@]1(O)CCN(c2ncccn2)C1)C(=O)Cn1cccn1. The molecule has 3 heterocycles. The van der Waals surface area contributed by atoms with Gasteiger partial charge in [0.1, 0.15) is 12.1 Å². The van der Waals surface area contributed by atoms with Crippen LogP contribution in [0.3, 0.4) is 0 Å². The maximum atomic E-state index is 12.2. The zero-order valence-corrected chi connectivity index (χ0v) is 13.0. The summed E-state index contributed by atoms with van der Waals surface area (Å²) >= 11 is 0. The van der Waals surface area contributed by atoms with Gasteiger partial charge in [0.05, 0.1) is 13.1 Å². The third-order valence-corrected chi connectivity index (χ3v) is 3.98. The lowest BCUT2D eigenvalue weighted by molar-refractivity contribution is -0.133. The van der Waals surface area contributed by atoms with E-state index in [1.165, 1.54) is 0 Å². The molecule has 2 aromatic rings. The number of amides is 1. The first kappa shape index (κ1) is 15.4. The number of likely N-dealkylation sites (N-methyl/N-ethyl adjacent to an activating group) is 1. The molecule has 0 saturated carbocycles. The third kappa shape index (κ3) is 3.65. The van der Waals surface area contributed by atoms with Crippen LogP contribution in [0.2, 0.25) is 0 Å². The number of nitrogens with zero attached hydrogens (tertiary/aromatic N) is 6. The van der Waals surface area contributed by atoms with E-state index in [4.69, 9.17) is 0 Å². The number of β-amino-alcohol motifs (C(OH)–C–C–N with tert-alkyl or cyclic N) is 1. The largest absolute Gasteiger partial charge is 0.386 e. The lowest BCUT2D eigenvalue weighted by Gasteiger charge is -2.29. The molecule has 1 saturated heterocycles. The molecule has 1 fully saturated rings. The van der Waals surface area contributed by atoms with Gasteiger partial charge < -0.3 is 14.9 Å². The normalized spacial score (nSPS) is 20.7. The molecule has 0 radical (unpaired) electrons. The minimum absolute atomic E-state index is 0.0865. The number of aromatic nitrogens is 4. The van der Waals surface area contributed by atoms with Crippen LogP contribution in [-0.2, 0) is 11.3 Å². The van der Waals surface area contributed by atoms with E-state index in [0.29, 0.717) is 25.5 Å². The highest BCUT2D eigenvalue weighted by molar-refractivity contribution is 5.75. The molecule has 122 valence electrons. The smallest absolute Gasteiger partial charge is 0.244 e. The number of carbonyl (C=O) groups is 1. The van der Waals surface area contributed by atoms with Crippen molar-refractivity contribution >= 4 is 11.9 Å².